The topological polar surface area (TPSA) is 83.4 Å². The number of rotatable bonds is 4. The van der Waals surface area contributed by atoms with Crippen LogP contribution in [-0.4, -0.2) is 33.4 Å². The lowest BCUT2D eigenvalue weighted by molar-refractivity contribution is 0.250. The first-order valence-electron chi connectivity index (χ1n) is 7.76. The molecule has 6 heteroatoms. The molecule has 0 spiro atoms. The number of pyridine rings is 1. The monoisotopic (exact) mass is 320 g/mol. The van der Waals surface area contributed by atoms with Gasteiger partial charge in [-0.3, -0.25) is 0 Å². The second-order valence-electron chi connectivity index (χ2n) is 6.09. The standard InChI is InChI=1S/C18H16N4O2/c1-24-15-6-5-14(13-4-2-3-12(9-13)10-19)22-16(15)20-17(21-22)18(11-23)7-8-18/h2-6,9,23H,7-8,11H2,1H3. The Bertz CT molecular complexity index is 967. The van der Waals surface area contributed by atoms with Gasteiger partial charge in [-0.05, 0) is 37.1 Å². The highest BCUT2D eigenvalue weighted by molar-refractivity contribution is 5.68. The lowest BCUT2D eigenvalue weighted by Gasteiger charge is -2.07. The molecule has 24 heavy (non-hydrogen) atoms. The molecule has 120 valence electrons. The molecular formula is C18H16N4O2. The Morgan fingerprint density at radius 1 is 1.33 bits per heavy atom. The van der Waals surface area contributed by atoms with Crippen LogP contribution in [0.2, 0.25) is 0 Å². The number of aromatic nitrogens is 3. The fourth-order valence-corrected chi connectivity index (χ4v) is 2.89. The summed E-state index contributed by atoms with van der Waals surface area (Å²) in [5.41, 5.74) is 2.60. The fraction of sp³-hybridized carbons (Fsp3) is 0.278. The minimum absolute atomic E-state index is 0.0471. The minimum Gasteiger partial charge on any atom is -0.493 e. The third kappa shape index (κ3) is 2.14. The summed E-state index contributed by atoms with van der Waals surface area (Å²) >= 11 is 0. The van der Waals surface area contributed by atoms with E-state index in [-0.39, 0.29) is 12.0 Å². The summed E-state index contributed by atoms with van der Waals surface area (Å²) in [6.45, 7) is 0.0471. The van der Waals surface area contributed by atoms with Crippen molar-refractivity contribution in [1.82, 2.24) is 14.6 Å². The van der Waals surface area contributed by atoms with Crippen LogP contribution >= 0.6 is 0 Å². The Labute approximate surface area is 138 Å². The normalized spacial score (nSPS) is 15.2. The summed E-state index contributed by atoms with van der Waals surface area (Å²) < 4.78 is 7.14. The molecular weight excluding hydrogens is 304 g/mol. The number of aliphatic hydroxyl groups is 1. The van der Waals surface area contributed by atoms with Gasteiger partial charge in [0.1, 0.15) is 0 Å². The zero-order chi connectivity index (χ0) is 16.7. The van der Waals surface area contributed by atoms with E-state index in [4.69, 9.17) is 10.00 Å². The molecule has 1 saturated carbocycles. The molecule has 1 N–H and O–H groups in total. The molecule has 6 nitrogen and oxygen atoms in total. The Hall–Kier alpha value is -2.91. The molecule has 2 heterocycles. The van der Waals surface area contributed by atoms with E-state index in [0.717, 1.165) is 24.1 Å². The van der Waals surface area contributed by atoms with E-state index < -0.39 is 0 Å². The average Bonchev–Trinajstić information content (AvgIpc) is 3.31. The molecule has 1 aromatic carbocycles. The van der Waals surface area contributed by atoms with Crippen molar-refractivity contribution in [1.29, 1.82) is 5.26 Å². The number of hydrogen-bond donors (Lipinski definition) is 1. The van der Waals surface area contributed by atoms with Crippen molar-refractivity contribution in [2.75, 3.05) is 13.7 Å². The Balaban J connectivity index is 1.95. The third-order valence-corrected chi connectivity index (χ3v) is 4.59. The van der Waals surface area contributed by atoms with Crippen LogP contribution in [-0.2, 0) is 5.41 Å². The largest absolute Gasteiger partial charge is 0.493 e. The van der Waals surface area contributed by atoms with E-state index in [1.54, 1.807) is 17.7 Å². The predicted molar refractivity (Wildman–Crippen MR) is 87.7 cm³/mol. The molecule has 4 rings (SSSR count). The van der Waals surface area contributed by atoms with E-state index in [9.17, 15) is 5.11 Å². The van der Waals surface area contributed by atoms with Crippen LogP contribution in [0.15, 0.2) is 36.4 Å². The number of benzene rings is 1. The summed E-state index contributed by atoms with van der Waals surface area (Å²) in [4.78, 5) is 4.62. The maximum Gasteiger partial charge on any atom is 0.198 e. The van der Waals surface area contributed by atoms with Crippen molar-refractivity contribution < 1.29 is 9.84 Å². The van der Waals surface area contributed by atoms with E-state index in [2.05, 4.69) is 16.2 Å². The number of methoxy groups -OCH3 is 1. The number of hydrogen-bond acceptors (Lipinski definition) is 5. The number of ether oxygens (including phenoxy) is 1. The van der Waals surface area contributed by atoms with E-state index >= 15 is 0 Å². The summed E-state index contributed by atoms with van der Waals surface area (Å²) in [5, 5.41) is 23.4. The maximum absolute atomic E-state index is 9.66. The summed E-state index contributed by atoms with van der Waals surface area (Å²) in [6.07, 6.45) is 1.78. The summed E-state index contributed by atoms with van der Waals surface area (Å²) in [6, 6.07) is 13.3. The van der Waals surface area contributed by atoms with Crippen LogP contribution in [0.1, 0.15) is 24.2 Å². The highest BCUT2D eigenvalue weighted by Crippen LogP contribution is 2.46. The molecule has 0 amide bonds. The Morgan fingerprint density at radius 2 is 2.17 bits per heavy atom. The van der Waals surface area contributed by atoms with Crippen LogP contribution < -0.4 is 4.74 Å². The first kappa shape index (κ1) is 14.7. The van der Waals surface area contributed by atoms with Crippen molar-refractivity contribution in [3.05, 3.63) is 47.8 Å². The zero-order valence-electron chi connectivity index (χ0n) is 13.2. The lowest BCUT2D eigenvalue weighted by Crippen LogP contribution is -2.14. The number of aliphatic hydroxyl groups excluding tert-OH is 1. The van der Waals surface area contributed by atoms with Gasteiger partial charge in [0.05, 0.1) is 36.5 Å². The van der Waals surface area contributed by atoms with Gasteiger partial charge in [0, 0.05) is 5.56 Å². The van der Waals surface area contributed by atoms with E-state index in [1.807, 2.05) is 30.3 Å². The van der Waals surface area contributed by atoms with Gasteiger partial charge in [-0.1, -0.05) is 12.1 Å². The van der Waals surface area contributed by atoms with Gasteiger partial charge >= 0.3 is 0 Å². The second-order valence-corrected chi connectivity index (χ2v) is 6.09. The van der Waals surface area contributed by atoms with Gasteiger partial charge in [-0.25, -0.2) is 9.50 Å². The molecule has 0 radical (unpaired) electrons. The van der Waals surface area contributed by atoms with Crippen LogP contribution in [0.3, 0.4) is 0 Å². The summed E-state index contributed by atoms with van der Waals surface area (Å²) in [5.74, 6) is 1.27. The van der Waals surface area contributed by atoms with Crippen molar-refractivity contribution >= 4 is 5.65 Å². The van der Waals surface area contributed by atoms with Gasteiger partial charge in [0.25, 0.3) is 0 Å². The van der Waals surface area contributed by atoms with Crippen LogP contribution in [0.25, 0.3) is 16.9 Å². The van der Waals surface area contributed by atoms with Crippen molar-refractivity contribution in [3.63, 3.8) is 0 Å². The fourth-order valence-electron chi connectivity index (χ4n) is 2.89. The predicted octanol–water partition coefficient (Wildman–Crippen LogP) is 2.30. The van der Waals surface area contributed by atoms with Crippen molar-refractivity contribution in [2.45, 2.75) is 18.3 Å². The zero-order valence-corrected chi connectivity index (χ0v) is 13.2. The number of nitrogens with zero attached hydrogens (tertiary/aromatic N) is 4. The molecule has 0 atom stereocenters. The minimum atomic E-state index is -0.317. The lowest BCUT2D eigenvalue weighted by atomic mass is 10.1. The number of nitriles is 1. The van der Waals surface area contributed by atoms with Crippen LogP contribution in [0.5, 0.6) is 5.75 Å². The molecule has 1 aliphatic rings. The molecule has 1 aliphatic carbocycles. The molecule has 0 aliphatic heterocycles. The SMILES string of the molecule is COc1ccc(-c2cccc(C#N)c2)n2nc(C3(CO)CC3)nc12. The van der Waals surface area contributed by atoms with Crippen molar-refractivity contribution in [2.24, 2.45) is 0 Å². The van der Waals surface area contributed by atoms with Gasteiger partial charge < -0.3 is 9.84 Å². The Morgan fingerprint density at radius 3 is 2.83 bits per heavy atom. The third-order valence-electron chi connectivity index (χ3n) is 4.59. The van der Waals surface area contributed by atoms with Gasteiger partial charge in [-0.15, -0.1) is 5.10 Å². The highest BCUT2D eigenvalue weighted by Gasteiger charge is 2.47. The molecule has 2 aromatic heterocycles. The highest BCUT2D eigenvalue weighted by atomic mass is 16.5. The first-order valence-corrected chi connectivity index (χ1v) is 7.76. The van der Waals surface area contributed by atoms with Crippen LogP contribution in [0, 0.1) is 11.3 Å². The maximum atomic E-state index is 9.66. The molecule has 3 aromatic rings. The first-order chi connectivity index (χ1) is 11.7. The second kappa shape index (κ2) is 5.32. The van der Waals surface area contributed by atoms with E-state index in [1.165, 1.54) is 0 Å². The van der Waals surface area contributed by atoms with Crippen LogP contribution in [0.4, 0.5) is 0 Å². The Kier molecular flexibility index (Phi) is 3.25. The summed E-state index contributed by atoms with van der Waals surface area (Å²) in [7, 11) is 1.60. The van der Waals surface area contributed by atoms with Crippen molar-refractivity contribution in [3.8, 4) is 23.1 Å². The molecule has 1 fully saturated rings. The molecule has 0 saturated heterocycles. The average molecular weight is 320 g/mol. The number of fused-ring (bicyclic) bond motifs is 1. The quantitative estimate of drug-likeness (QED) is 0.797. The molecule has 0 bridgehead atoms. The smallest absolute Gasteiger partial charge is 0.198 e. The van der Waals surface area contributed by atoms with Gasteiger partial charge in [0.2, 0.25) is 0 Å². The van der Waals surface area contributed by atoms with Gasteiger partial charge in [-0.2, -0.15) is 5.26 Å². The molecule has 0 unspecified atom stereocenters. The van der Waals surface area contributed by atoms with E-state index in [0.29, 0.717) is 22.8 Å². The van der Waals surface area contributed by atoms with Gasteiger partial charge in [0.15, 0.2) is 17.2 Å².